The van der Waals surface area contributed by atoms with Gasteiger partial charge >= 0.3 is 6.18 Å². The van der Waals surface area contributed by atoms with Gasteiger partial charge in [0.05, 0.1) is 5.56 Å². The van der Waals surface area contributed by atoms with E-state index in [4.69, 9.17) is 5.73 Å². The molecule has 94 valence electrons. The lowest BCUT2D eigenvalue weighted by Crippen LogP contribution is -2.19. The van der Waals surface area contributed by atoms with Crippen LogP contribution in [0.3, 0.4) is 0 Å². The van der Waals surface area contributed by atoms with Gasteiger partial charge in [-0.15, -0.1) is 0 Å². The zero-order valence-corrected chi connectivity index (χ0v) is 8.26. The Morgan fingerprint density at radius 1 is 1.41 bits per heavy atom. The highest BCUT2D eigenvalue weighted by atomic mass is 19.4. The number of hydrogen-bond donors (Lipinski definition) is 1. The highest BCUT2D eigenvalue weighted by Gasteiger charge is 2.39. The average Bonchev–Trinajstić information content (AvgIpc) is 2.25. The number of aromatic nitrogens is 1. The van der Waals surface area contributed by atoms with Crippen molar-refractivity contribution in [2.75, 3.05) is 0 Å². The third-order valence-electron chi connectivity index (χ3n) is 2.07. The maximum absolute atomic E-state index is 12.6. The molecule has 0 radical (unpaired) electrons. The summed E-state index contributed by atoms with van der Waals surface area (Å²) in [6.45, 7) is -0.675. The molecule has 2 N–H and O–H groups in total. The minimum absolute atomic E-state index is 0.0969. The van der Waals surface area contributed by atoms with E-state index in [0.717, 1.165) is 0 Å². The van der Waals surface area contributed by atoms with E-state index in [1.54, 1.807) is 0 Å². The van der Waals surface area contributed by atoms with E-state index in [-0.39, 0.29) is 6.29 Å². The van der Waals surface area contributed by atoms with Crippen molar-refractivity contribution >= 4 is 6.29 Å². The van der Waals surface area contributed by atoms with Crippen molar-refractivity contribution in [1.29, 1.82) is 0 Å². The third kappa shape index (κ3) is 2.57. The maximum Gasteiger partial charge on any atom is 0.418 e. The predicted octanol–water partition coefficient (Wildman–Crippen LogP) is 2.31. The number of halogens is 5. The van der Waals surface area contributed by atoms with Gasteiger partial charge in [-0.05, 0) is 5.56 Å². The number of nitrogens with two attached hydrogens (primary N) is 1. The minimum atomic E-state index is -5.04. The molecule has 0 spiro atoms. The molecule has 0 unspecified atom stereocenters. The third-order valence-corrected chi connectivity index (χ3v) is 2.07. The van der Waals surface area contributed by atoms with Crippen LogP contribution in [0.4, 0.5) is 22.0 Å². The van der Waals surface area contributed by atoms with Crippen LogP contribution < -0.4 is 5.73 Å². The number of aldehydes is 1. The zero-order valence-electron chi connectivity index (χ0n) is 8.26. The normalized spacial score (nSPS) is 11.9. The Hall–Kier alpha value is -1.57. The lowest BCUT2D eigenvalue weighted by atomic mass is 10.0. The van der Waals surface area contributed by atoms with Crippen LogP contribution in [-0.4, -0.2) is 11.3 Å². The van der Waals surface area contributed by atoms with Gasteiger partial charge in [0.2, 0.25) is 0 Å². The molecule has 1 aromatic heterocycles. The molecule has 0 atom stereocenters. The Morgan fingerprint density at radius 2 is 2.00 bits per heavy atom. The van der Waals surface area contributed by atoms with Gasteiger partial charge < -0.3 is 5.73 Å². The molecule has 0 fully saturated rings. The van der Waals surface area contributed by atoms with Crippen molar-refractivity contribution in [3.05, 3.63) is 28.6 Å². The first kappa shape index (κ1) is 13.5. The summed E-state index contributed by atoms with van der Waals surface area (Å²) in [4.78, 5) is 13.5. The number of nitrogens with zero attached hydrogens (tertiary/aromatic N) is 1. The van der Waals surface area contributed by atoms with Crippen LogP contribution in [0.2, 0.25) is 0 Å². The van der Waals surface area contributed by atoms with Gasteiger partial charge in [-0.25, -0.2) is 8.78 Å². The number of pyridine rings is 1. The van der Waals surface area contributed by atoms with Gasteiger partial charge in [0.25, 0.3) is 6.43 Å². The second-order valence-corrected chi connectivity index (χ2v) is 3.07. The molecule has 0 bridgehead atoms. The van der Waals surface area contributed by atoms with E-state index in [1.807, 2.05) is 0 Å². The number of carbonyl (C=O) groups excluding carboxylic acids is 1. The fourth-order valence-electron chi connectivity index (χ4n) is 1.38. The number of rotatable bonds is 3. The van der Waals surface area contributed by atoms with Crippen molar-refractivity contribution in [2.24, 2.45) is 5.73 Å². The second-order valence-electron chi connectivity index (χ2n) is 3.07. The Labute approximate surface area is 92.4 Å². The van der Waals surface area contributed by atoms with Crippen molar-refractivity contribution < 1.29 is 26.7 Å². The Morgan fingerprint density at radius 3 is 2.35 bits per heavy atom. The number of carbonyl (C=O) groups is 1. The first-order valence-electron chi connectivity index (χ1n) is 4.35. The first-order chi connectivity index (χ1) is 7.82. The van der Waals surface area contributed by atoms with E-state index >= 15 is 0 Å². The second kappa shape index (κ2) is 4.74. The average molecular weight is 254 g/mol. The summed E-state index contributed by atoms with van der Waals surface area (Å²) in [6.07, 6.45) is -7.67. The summed E-state index contributed by atoms with van der Waals surface area (Å²) in [6, 6.07) is 0. The van der Waals surface area contributed by atoms with Crippen molar-refractivity contribution in [2.45, 2.75) is 19.1 Å². The van der Waals surface area contributed by atoms with Crippen molar-refractivity contribution in [3.63, 3.8) is 0 Å². The highest BCUT2D eigenvalue weighted by molar-refractivity contribution is 5.77. The topological polar surface area (TPSA) is 56.0 Å². The first-order valence-corrected chi connectivity index (χ1v) is 4.35. The lowest BCUT2D eigenvalue weighted by molar-refractivity contribution is -0.140. The minimum Gasteiger partial charge on any atom is -0.326 e. The fraction of sp³-hybridized carbons (Fsp3) is 0.333. The summed E-state index contributed by atoms with van der Waals surface area (Å²) < 4.78 is 62.7. The molecule has 0 saturated carbocycles. The number of hydrogen-bond acceptors (Lipinski definition) is 3. The summed E-state index contributed by atoms with van der Waals surface area (Å²) >= 11 is 0. The molecule has 1 heterocycles. The van der Waals surface area contributed by atoms with Crippen LogP contribution in [0.1, 0.15) is 33.6 Å². The molecule has 17 heavy (non-hydrogen) atoms. The van der Waals surface area contributed by atoms with Gasteiger partial charge in [-0.3, -0.25) is 9.78 Å². The SMILES string of the molecule is NCc1c(C=O)cnc(C(F)F)c1C(F)(F)F. The Kier molecular flexibility index (Phi) is 3.76. The Bertz CT molecular complexity index is 430. The van der Waals surface area contributed by atoms with E-state index in [2.05, 4.69) is 4.98 Å². The predicted molar refractivity (Wildman–Crippen MR) is 47.5 cm³/mol. The van der Waals surface area contributed by atoms with Gasteiger partial charge in [0.1, 0.15) is 5.69 Å². The van der Waals surface area contributed by atoms with E-state index in [9.17, 15) is 26.7 Å². The van der Waals surface area contributed by atoms with E-state index < -0.39 is 41.5 Å². The molecule has 3 nitrogen and oxygen atoms in total. The molecule has 0 saturated heterocycles. The summed E-state index contributed by atoms with van der Waals surface area (Å²) in [5.74, 6) is 0. The van der Waals surface area contributed by atoms with Crippen LogP contribution in [0, 0.1) is 0 Å². The van der Waals surface area contributed by atoms with Gasteiger partial charge in [0.15, 0.2) is 6.29 Å². The summed E-state index contributed by atoms with van der Waals surface area (Å²) in [5.41, 5.74) is 0.913. The fourth-order valence-corrected chi connectivity index (χ4v) is 1.38. The molecular formula is C9H7F5N2O. The number of alkyl halides is 5. The molecule has 0 aromatic carbocycles. The van der Waals surface area contributed by atoms with Crippen molar-refractivity contribution in [1.82, 2.24) is 4.98 Å². The van der Waals surface area contributed by atoms with Crippen LogP contribution >= 0.6 is 0 Å². The highest BCUT2D eigenvalue weighted by Crippen LogP contribution is 2.38. The molecule has 0 aliphatic rings. The Balaban J connectivity index is 3.62. The molecule has 8 heteroatoms. The lowest BCUT2D eigenvalue weighted by Gasteiger charge is -2.16. The van der Waals surface area contributed by atoms with Crippen molar-refractivity contribution in [3.8, 4) is 0 Å². The van der Waals surface area contributed by atoms with Gasteiger partial charge in [-0.2, -0.15) is 13.2 Å². The van der Waals surface area contributed by atoms with Crippen LogP contribution in [-0.2, 0) is 12.7 Å². The van der Waals surface area contributed by atoms with E-state index in [0.29, 0.717) is 6.20 Å². The largest absolute Gasteiger partial charge is 0.418 e. The van der Waals surface area contributed by atoms with Crippen LogP contribution in [0.15, 0.2) is 6.20 Å². The van der Waals surface area contributed by atoms with Crippen LogP contribution in [0.25, 0.3) is 0 Å². The smallest absolute Gasteiger partial charge is 0.326 e. The zero-order chi connectivity index (χ0) is 13.2. The monoisotopic (exact) mass is 254 g/mol. The molecule has 0 amide bonds. The molecular weight excluding hydrogens is 247 g/mol. The van der Waals surface area contributed by atoms with E-state index in [1.165, 1.54) is 0 Å². The summed E-state index contributed by atoms with van der Waals surface area (Å²) in [5, 5.41) is 0. The van der Waals surface area contributed by atoms with Crippen LogP contribution in [0.5, 0.6) is 0 Å². The molecule has 1 aromatic rings. The maximum atomic E-state index is 12.6. The quantitative estimate of drug-likeness (QED) is 0.665. The van der Waals surface area contributed by atoms with Gasteiger partial charge in [-0.1, -0.05) is 0 Å². The van der Waals surface area contributed by atoms with Gasteiger partial charge in [0, 0.05) is 18.3 Å². The molecule has 0 aliphatic carbocycles. The summed E-state index contributed by atoms with van der Waals surface area (Å²) in [7, 11) is 0. The standard InChI is InChI=1S/C9H7F5N2O/c10-8(11)7-6(9(12,13)14)5(1-15)4(3-17)2-16-7/h2-3,8H,1,15H2. The molecule has 1 rings (SSSR count). The molecule has 0 aliphatic heterocycles.